The van der Waals surface area contributed by atoms with E-state index in [4.69, 9.17) is 17.5 Å². The first kappa shape index (κ1) is 22.3. The summed E-state index contributed by atoms with van der Waals surface area (Å²) in [4.78, 5) is 28.2. The predicted molar refractivity (Wildman–Crippen MR) is 117 cm³/mol. The van der Waals surface area contributed by atoms with E-state index in [1.165, 1.54) is 29.2 Å². The largest absolute Gasteiger partial charge is 0.417 e. The molecule has 5 rings (SSSR count). The van der Waals surface area contributed by atoms with E-state index in [1.54, 1.807) is 0 Å². The summed E-state index contributed by atoms with van der Waals surface area (Å²) in [7, 11) is 0. The predicted octanol–water partition coefficient (Wildman–Crippen LogP) is 4.41. The van der Waals surface area contributed by atoms with Gasteiger partial charge in [-0.2, -0.15) is 18.4 Å². The molecular formula is C23H16F4N4O2S. The standard InChI is InChI=1S/C23H16F4N4O2S/c24-17-7-13-11-29-19(32)15(13)9-18(17)31-21(34)30(20(33)22(31)5-1-2-6-22)14-4-3-12(10-28)16(8-14)23(25,26)27/h3-4,7-9H,1-2,5-6,11H2,(H,29,32). The Morgan fingerprint density at radius 1 is 1.12 bits per heavy atom. The van der Waals surface area contributed by atoms with Crippen molar-refractivity contribution < 1.29 is 27.2 Å². The van der Waals surface area contributed by atoms with Crippen LogP contribution in [-0.2, 0) is 17.5 Å². The van der Waals surface area contributed by atoms with Crippen LogP contribution >= 0.6 is 12.2 Å². The van der Waals surface area contributed by atoms with Crippen molar-refractivity contribution in [1.82, 2.24) is 5.32 Å². The molecule has 6 nitrogen and oxygen atoms in total. The van der Waals surface area contributed by atoms with Crippen molar-refractivity contribution in [3.05, 3.63) is 58.4 Å². The van der Waals surface area contributed by atoms with E-state index in [9.17, 15) is 22.8 Å². The maximum absolute atomic E-state index is 15.3. The molecule has 1 saturated carbocycles. The molecule has 0 bridgehead atoms. The van der Waals surface area contributed by atoms with E-state index < -0.39 is 34.6 Å². The number of hydrogen-bond acceptors (Lipinski definition) is 4. The number of nitrogens with one attached hydrogen (secondary N) is 1. The molecule has 2 aromatic rings. The van der Waals surface area contributed by atoms with E-state index in [-0.39, 0.29) is 34.5 Å². The average molecular weight is 488 g/mol. The summed E-state index contributed by atoms with van der Waals surface area (Å²) in [6.45, 7) is 0.178. The smallest absolute Gasteiger partial charge is 0.348 e. The zero-order valence-electron chi connectivity index (χ0n) is 17.5. The van der Waals surface area contributed by atoms with Gasteiger partial charge in [0.25, 0.3) is 11.8 Å². The number of nitriles is 1. The first-order valence-electron chi connectivity index (χ1n) is 10.5. The fourth-order valence-electron chi connectivity index (χ4n) is 5.04. The summed E-state index contributed by atoms with van der Waals surface area (Å²) < 4.78 is 55.9. The number of rotatable bonds is 2. The first-order valence-corrected chi connectivity index (χ1v) is 10.9. The number of nitrogens with zero attached hydrogens (tertiary/aromatic N) is 3. The molecule has 0 atom stereocenters. The molecule has 2 amide bonds. The summed E-state index contributed by atoms with van der Waals surface area (Å²) in [6, 6.07) is 6.98. The van der Waals surface area contributed by atoms with Crippen LogP contribution in [0.25, 0.3) is 0 Å². The lowest BCUT2D eigenvalue weighted by Crippen LogP contribution is -2.48. The van der Waals surface area contributed by atoms with Crippen molar-refractivity contribution in [2.45, 2.75) is 43.9 Å². The van der Waals surface area contributed by atoms with Crippen molar-refractivity contribution in [3.63, 3.8) is 0 Å². The minimum atomic E-state index is -4.82. The van der Waals surface area contributed by atoms with Crippen LogP contribution in [0.5, 0.6) is 0 Å². The van der Waals surface area contributed by atoms with Gasteiger partial charge in [0, 0.05) is 12.1 Å². The van der Waals surface area contributed by atoms with Gasteiger partial charge in [-0.15, -0.1) is 0 Å². The quantitative estimate of drug-likeness (QED) is 0.501. The number of alkyl halides is 3. The van der Waals surface area contributed by atoms with Crippen LogP contribution in [0, 0.1) is 17.1 Å². The number of thiocarbonyl (C=S) groups is 1. The summed E-state index contributed by atoms with van der Waals surface area (Å²) in [6.07, 6.45) is -2.88. The minimum absolute atomic E-state index is 0.0664. The van der Waals surface area contributed by atoms with Crippen molar-refractivity contribution in [3.8, 4) is 6.07 Å². The molecule has 11 heteroatoms. The fraction of sp³-hybridized carbons (Fsp3) is 0.304. The van der Waals surface area contributed by atoms with Crippen molar-refractivity contribution in [1.29, 1.82) is 5.26 Å². The Balaban J connectivity index is 1.66. The second-order valence-corrected chi connectivity index (χ2v) is 8.85. The molecule has 1 spiro atoms. The van der Waals surface area contributed by atoms with Crippen LogP contribution in [0.1, 0.15) is 52.7 Å². The molecule has 2 heterocycles. The Morgan fingerprint density at radius 3 is 2.47 bits per heavy atom. The maximum atomic E-state index is 15.3. The van der Waals surface area contributed by atoms with E-state index in [0.29, 0.717) is 37.3 Å². The van der Waals surface area contributed by atoms with Gasteiger partial charge in [-0.05, 0) is 61.0 Å². The Morgan fingerprint density at radius 2 is 1.82 bits per heavy atom. The van der Waals surface area contributed by atoms with Gasteiger partial charge in [-0.3, -0.25) is 14.5 Å². The third-order valence-electron chi connectivity index (χ3n) is 6.63. The minimum Gasteiger partial charge on any atom is -0.348 e. The third kappa shape index (κ3) is 3.09. The highest BCUT2D eigenvalue weighted by Gasteiger charge is 2.58. The number of fused-ring (bicyclic) bond motifs is 1. The van der Waals surface area contributed by atoms with Crippen LogP contribution in [-0.4, -0.2) is 22.5 Å². The van der Waals surface area contributed by atoms with Crippen LogP contribution in [0.2, 0.25) is 0 Å². The Hall–Kier alpha value is -3.52. The second-order valence-electron chi connectivity index (χ2n) is 8.48. The van der Waals surface area contributed by atoms with Gasteiger partial charge < -0.3 is 10.2 Å². The van der Waals surface area contributed by atoms with Gasteiger partial charge in [-0.1, -0.05) is 12.8 Å². The molecule has 3 aliphatic rings. The van der Waals surface area contributed by atoms with Gasteiger partial charge in [0.15, 0.2) is 5.11 Å². The van der Waals surface area contributed by atoms with Gasteiger partial charge in [0.2, 0.25) is 0 Å². The van der Waals surface area contributed by atoms with Gasteiger partial charge in [-0.25, -0.2) is 4.39 Å². The lowest BCUT2D eigenvalue weighted by Gasteiger charge is -2.33. The molecule has 1 aliphatic carbocycles. The van der Waals surface area contributed by atoms with E-state index in [1.807, 2.05) is 0 Å². The second kappa shape index (κ2) is 7.50. The molecule has 1 N–H and O–H groups in total. The molecule has 1 saturated heterocycles. The van der Waals surface area contributed by atoms with Gasteiger partial charge in [0.05, 0.1) is 28.6 Å². The topological polar surface area (TPSA) is 76.4 Å². The summed E-state index contributed by atoms with van der Waals surface area (Å²) in [5.74, 6) is -1.63. The molecule has 0 aromatic heterocycles. The van der Waals surface area contributed by atoms with E-state index in [0.717, 1.165) is 11.0 Å². The number of benzene rings is 2. The molecule has 0 unspecified atom stereocenters. The van der Waals surface area contributed by atoms with Crippen LogP contribution in [0.15, 0.2) is 30.3 Å². The van der Waals surface area contributed by atoms with Crippen LogP contribution in [0.4, 0.5) is 28.9 Å². The molecule has 0 radical (unpaired) electrons. The lowest BCUT2D eigenvalue weighted by atomic mass is 9.94. The first-order chi connectivity index (χ1) is 16.1. The SMILES string of the molecule is N#Cc1ccc(N2C(=O)C3(CCCC3)N(c3cc4c(cc3F)CNC4=O)C2=S)cc1C(F)(F)F. The Labute approximate surface area is 196 Å². The molecule has 2 aromatic carbocycles. The Kier molecular flexibility index (Phi) is 4.91. The highest BCUT2D eigenvalue weighted by molar-refractivity contribution is 7.81. The van der Waals surface area contributed by atoms with Gasteiger partial charge >= 0.3 is 6.18 Å². The number of carbonyl (C=O) groups is 2. The monoisotopic (exact) mass is 488 g/mol. The van der Waals surface area contributed by atoms with Crippen molar-refractivity contribution >= 4 is 40.5 Å². The average Bonchev–Trinajstić information content (AvgIpc) is 3.46. The van der Waals surface area contributed by atoms with Crippen molar-refractivity contribution in [2.24, 2.45) is 0 Å². The number of hydrogen-bond donors (Lipinski definition) is 1. The Bertz CT molecular complexity index is 1310. The van der Waals surface area contributed by atoms with Crippen LogP contribution < -0.4 is 15.1 Å². The summed E-state index contributed by atoms with van der Waals surface area (Å²) >= 11 is 5.54. The zero-order valence-corrected chi connectivity index (χ0v) is 18.3. The van der Waals surface area contributed by atoms with E-state index >= 15 is 4.39 Å². The third-order valence-corrected chi connectivity index (χ3v) is 6.99. The van der Waals surface area contributed by atoms with Crippen LogP contribution in [0.3, 0.4) is 0 Å². The molecular weight excluding hydrogens is 472 g/mol. The summed E-state index contributed by atoms with van der Waals surface area (Å²) in [5.41, 5.74) is -2.54. The lowest BCUT2D eigenvalue weighted by molar-refractivity contribution is -0.137. The number of anilines is 2. The van der Waals surface area contributed by atoms with Crippen molar-refractivity contribution in [2.75, 3.05) is 9.80 Å². The number of amides is 2. The normalized spacial score (nSPS) is 19.1. The maximum Gasteiger partial charge on any atom is 0.417 e. The number of carbonyl (C=O) groups excluding carboxylic acids is 2. The highest BCUT2D eigenvalue weighted by atomic mass is 32.1. The number of halogens is 4. The summed E-state index contributed by atoms with van der Waals surface area (Å²) in [5, 5.41) is 11.5. The van der Waals surface area contributed by atoms with Gasteiger partial charge in [0.1, 0.15) is 11.4 Å². The zero-order chi connectivity index (χ0) is 24.4. The molecule has 2 fully saturated rings. The van der Waals surface area contributed by atoms with E-state index in [2.05, 4.69) is 5.32 Å². The molecule has 2 aliphatic heterocycles. The fourth-order valence-corrected chi connectivity index (χ4v) is 5.50. The highest BCUT2D eigenvalue weighted by Crippen LogP contribution is 2.47. The molecule has 174 valence electrons. The molecule has 34 heavy (non-hydrogen) atoms.